The summed E-state index contributed by atoms with van der Waals surface area (Å²) in [6.45, 7) is 2.55. The van der Waals surface area contributed by atoms with Crippen molar-refractivity contribution in [2.24, 2.45) is 12.0 Å². The number of nitrogens with zero attached hydrogens (tertiary/aromatic N) is 5. The number of fused-ring (bicyclic) bond motifs is 2. The van der Waals surface area contributed by atoms with Gasteiger partial charge in [-0.25, -0.2) is 4.99 Å². The summed E-state index contributed by atoms with van der Waals surface area (Å²) in [7, 11) is 4.33. The average molecular weight is 515 g/mol. The van der Waals surface area contributed by atoms with Crippen molar-refractivity contribution in [3.63, 3.8) is 0 Å². The van der Waals surface area contributed by atoms with Crippen molar-refractivity contribution >= 4 is 29.9 Å². The lowest BCUT2D eigenvalue weighted by Crippen LogP contribution is -2.57. The zero-order valence-corrected chi connectivity index (χ0v) is 20.6. The summed E-state index contributed by atoms with van der Waals surface area (Å²) in [6.07, 6.45) is 13.0. The number of aliphatic imine (C=N–C) groups is 1. The van der Waals surface area contributed by atoms with Gasteiger partial charge in [0.25, 0.3) is 0 Å². The van der Waals surface area contributed by atoms with E-state index in [1.54, 1.807) is 0 Å². The Bertz CT molecular complexity index is 669. The molecule has 164 valence electrons. The Balaban J connectivity index is 0.00000240. The first kappa shape index (κ1) is 22.8. The Morgan fingerprint density at radius 1 is 0.931 bits per heavy atom. The van der Waals surface area contributed by atoms with Crippen LogP contribution in [0.5, 0.6) is 0 Å². The molecule has 0 amide bonds. The van der Waals surface area contributed by atoms with Gasteiger partial charge in [-0.2, -0.15) is 0 Å². The van der Waals surface area contributed by atoms with Gasteiger partial charge in [0.1, 0.15) is 12.4 Å². The topological polar surface area (TPSA) is 70.4 Å². The third kappa shape index (κ3) is 5.62. The fraction of sp³-hybridized carbons (Fsp3) is 0.857. The van der Waals surface area contributed by atoms with Crippen molar-refractivity contribution in [1.82, 2.24) is 30.3 Å². The van der Waals surface area contributed by atoms with Gasteiger partial charge in [-0.1, -0.05) is 25.7 Å². The summed E-state index contributed by atoms with van der Waals surface area (Å²) >= 11 is 0. The first-order valence-electron chi connectivity index (χ1n) is 11.2. The number of rotatable bonds is 4. The van der Waals surface area contributed by atoms with E-state index in [9.17, 15) is 0 Å². The van der Waals surface area contributed by atoms with E-state index in [4.69, 9.17) is 4.99 Å². The second kappa shape index (κ2) is 10.4. The third-order valence-electron chi connectivity index (χ3n) is 7.19. The molecule has 7 nitrogen and oxygen atoms in total. The molecule has 2 saturated heterocycles. The molecule has 3 fully saturated rings. The summed E-state index contributed by atoms with van der Waals surface area (Å²) in [5.41, 5.74) is 0. The molecule has 1 saturated carbocycles. The minimum absolute atomic E-state index is 0. The van der Waals surface area contributed by atoms with Crippen LogP contribution in [0.3, 0.4) is 0 Å². The van der Waals surface area contributed by atoms with Crippen LogP contribution in [0.4, 0.5) is 0 Å². The molecule has 8 heteroatoms. The Kier molecular flexibility index (Phi) is 8.18. The molecule has 4 rings (SSSR count). The molecular formula is C21H38IN7. The van der Waals surface area contributed by atoms with Gasteiger partial charge < -0.3 is 20.1 Å². The van der Waals surface area contributed by atoms with E-state index in [2.05, 4.69) is 32.8 Å². The highest BCUT2D eigenvalue weighted by molar-refractivity contribution is 14.0. The van der Waals surface area contributed by atoms with Crippen molar-refractivity contribution < 1.29 is 0 Å². The van der Waals surface area contributed by atoms with Crippen molar-refractivity contribution in [2.45, 2.75) is 102 Å². The Labute approximate surface area is 192 Å². The standard InChI is InChI=1S/C21H37N7.HI/c1-15-25-26-20(27(15)2)14-22-21(23-16-8-5-4-6-9-16)24-17-12-18-10-7-11-19(13-17)28(18)3;/h16-19H,4-14H2,1-3H3,(H2,22,23,24);1H. The van der Waals surface area contributed by atoms with Gasteiger partial charge in [-0.05, 0) is 52.5 Å². The largest absolute Gasteiger partial charge is 0.354 e. The third-order valence-corrected chi connectivity index (χ3v) is 7.19. The molecule has 2 aliphatic heterocycles. The van der Waals surface area contributed by atoms with Crippen LogP contribution in [0.15, 0.2) is 4.99 Å². The Morgan fingerprint density at radius 3 is 2.21 bits per heavy atom. The molecule has 29 heavy (non-hydrogen) atoms. The highest BCUT2D eigenvalue weighted by Crippen LogP contribution is 2.32. The fourth-order valence-electron chi connectivity index (χ4n) is 5.24. The van der Waals surface area contributed by atoms with Crippen LogP contribution in [0.2, 0.25) is 0 Å². The van der Waals surface area contributed by atoms with Crippen LogP contribution in [-0.2, 0) is 13.6 Å². The lowest BCUT2D eigenvalue weighted by molar-refractivity contribution is 0.0526. The van der Waals surface area contributed by atoms with Crippen molar-refractivity contribution in [3.8, 4) is 0 Å². The predicted octanol–water partition coefficient (Wildman–Crippen LogP) is 3.12. The monoisotopic (exact) mass is 515 g/mol. The van der Waals surface area contributed by atoms with Gasteiger partial charge in [0, 0.05) is 31.2 Å². The van der Waals surface area contributed by atoms with E-state index < -0.39 is 0 Å². The zero-order valence-electron chi connectivity index (χ0n) is 18.2. The van der Waals surface area contributed by atoms with E-state index >= 15 is 0 Å². The highest BCUT2D eigenvalue weighted by atomic mass is 127. The summed E-state index contributed by atoms with van der Waals surface area (Å²) in [4.78, 5) is 7.55. The molecule has 1 aliphatic carbocycles. The number of piperidine rings is 2. The molecule has 3 aliphatic rings. The maximum Gasteiger partial charge on any atom is 0.192 e. The van der Waals surface area contributed by atoms with Crippen LogP contribution in [-0.4, -0.2) is 56.8 Å². The van der Waals surface area contributed by atoms with Crippen molar-refractivity contribution in [3.05, 3.63) is 11.6 Å². The van der Waals surface area contributed by atoms with Crippen LogP contribution >= 0.6 is 24.0 Å². The van der Waals surface area contributed by atoms with E-state index in [0.717, 1.165) is 29.7 Å². The molecule has 1 aromatic heterocycles. The number of hydrogen-bond donors (Lipinski definition) is 2. The quantitative estimate of drug-likeness (QED) is 0.367. The average Bonchev–Trinajstić information content (AvgIpc) is 3.00. The molecule has 2 unspecified atom stereocenters. The number of halogens is 1. The second-order valence-corrected chi connectivity index (χ2v) is 9.08. The second-order valence-electron chi connectivity index (χ2n) is 9.08. The summed E-state index contributed by atoms with van der Waals surface area (Å²) in [5.74, 6) is 2.82. The molecule has 2 bridgehead atoms. The summed E-state index contributed by atoms with van der Waals surface area (Å²) in [5, 5.41) is 16.0. The lowest BCUT2D eigenvalue weighted by atomic mass is 9.82. The van der Waals surface area contributed by atoms with Gasteiger partial charge in [0.05, 0.1) is 0 Å². The smallest absolute Gasteiger partial charge is 0.192 e. The minimum atomic E-state index is 0. The number of guanidine groups is 1. The van der Waals surface area contributed by atoms with Crippen LogP contribution < -0.4 is 10.6 Å². The zero-order chi connectivity index (χ0) is 19.5. The van der Waals surface area contributed by atoms with Crippen molar-refractivity contribution in [1.29, 1.82) is 0 Å². The predicted molar refractivity (Wildman–Crippen MR) is 128 cm³/mol. The Hall–Kier alpha value is -0.900. The van der Waals surface area contributed by atoms with E-state index in [0.29, 0.717) is 18.6 Å². The molecule has 1 aromatic rings. The number of aryl methyl sites for hydroxylation is 1. The Morgan fingerprint density at radius 2 is 1.59 bits per heavy atom. The summed E-state index contributed by atoms with van der Waals surface area (Å²) < 4.78 is 2.03. The van der Waals surface area contributed by atoms with Gasteiger partial charge in [-0.15, -0.1) is 34.2 Å². The molecule has 2 N–H and O–H groups in total. The van der Waals surface area contributed by atoms with Crippen molar-refractivity contribution in [2.75, 3.05) is 7.05 Å². The molecule has 3 heterocycles. The highest BCUT2D eigenvalue weighted by Gasteiger charge is 2.36. The normalized spacial score (nSPS) is 28.7. The molecule has 0 spiro atoms. The van der Waals surface area contributed by atoms with Gasteiger partial charge in [-0.3, -0.25) is 0 Å². The lowest BCUT2D eigenvalue weighted by Gasteiger charge is -2.47. The number of aromatic nitrogens is 3. The van der Waals surface area contributed by atoms with Gasteiger partial charge >= 0.3 is 0 Å². The van der Waals surface area contributed by atoms with E-state index in [1.165, 1.54) is 64.2 Å². The molecule has 0 aromatic carbocycles. The van der Waals surface area contributed by atoms with Gasteiger partial charge in [0.2, 0.25) is 0 Å². The van der Waals surface area contributed by atoms with Gasteiger partial charge in [0.15, 0.2) is 11.8 Å². The minimum Gasteiger partial charge on any atom is -0.354 e. The maximum atomic E-state index is 4.93. The first-order valence-corrected chi connectivity index (χ1v) is 11.2. The van der Waals surface area contributed by atoms with Crippen LogP contribution in [0.25, 0.3) is 0 Å². The summed E-state index contributed by atoms with van der Waals surface area (Å²) in [6, 6.07) is 2.51. The SMILES string of the molecule is Cc1nnc(CN=C(NC2CCCCC2)NC2CC3CCCC(C2)N3C)n1C.I. The maximum absolute atomic E-state index is 4.93. The number of nitrogens with one attached hydrogen (secondary N) is 2. The van der Waals surface area contributed by atoms with E-state index in [-0.39, 0.29) is 24.0 Å². The van der Waals surface area contributed by atoms with E-state index in [1.807, 2.05) is 18.5 Å². The molecule has 0 radical (unpaired) electrons. The molecular weight excluding hydrogens is 477 g/mol. The molecule has 2 atom stereocenters. The first-order chi connectivity index (χ1) is 13.6. The van der Waals surface area contributed by atoms with Crippen LogP contribution in [0.1, 0.15) is 75.9 Å². The number of hydrogen-bond acceptors (Lipinski definition) is 4. The van der Waals surface area contributed by atoms with Crippen LogP contribution in [0, 0.1) is 6.92 Å². The fourth-order valence-corrected chi connectivity index (χ4v) is 5.24.